The molecule has 1 aromatic rings. The van der Waals surface area contributed by atoms with Gasteiger partial charge in [-0.1, -0.05) is 15.9 Å². The Morgan fingerprint density at radius 2 is 1.90 bits per heavy atom. The molecule has 0 bridgehead atoms. The molecule has 0 aromatic heterocycles. The summed E-state index contributed by atoms with van der Waals surface area (Å²) in [6.07, 6.45) is 2.95. The zero-order valence-electron chi connectivity index (χ0n) is 11.9. The molecule has 1 heterocycles. The van der Waals surface area contributed by atoms with Crippen LogP contribution in [0.4, 0.5) is 5.69 Å². The lowest BCUT2D eigenvalue weighted by Gasteiger charge is -2.29. The van der Waals surface area contributed by atoms with Crippen molar-refractivity contribution in [3.05, 3.63) is 22.7 Å². The Kier molecular flexibility index (Phi) is 4.93. The molecule has 1 atom stereocenters. The summed E-state index contributed by atoms with van der Waals surface area (Å²) in [6, 6.07) is 4.58. The molecule has 0 aliphatic carbocycles. The fourth-order valence-electron chi connectivity index (χ4n) is 2.47. The van der Waals surface area contributed by atoms with Crippen molar-refractivity contribution >= 4 is 37.4 Å². The molecule has 5 nitrogen and oxygen atoms in total. The molecule has 1 fully saturated rings. The van der Waals surface area contributed by atoms with Crippen molar-refractivity contribution in [1.29, 1.82) is 0 Å². The Labute approximate surface area is 133 Å². The molecule has 1 saturated heterocycles. The summed E-state index contributed by atoms with van der Waals surface area (Å²) in [5.74, 6) is -0.336. The van der Waals surface area contributed by atoms with E-state index in [0.29, 0.717) is 17.6 Å². The highest BCUT2D eigenvalue weighted by Crippen LogP contribution is 2.27. The van der Waals surface area contributed by atoms with Crippen molar-refractivity contribution < 1.29 is 13.2 Å². The maximum atomic E-state index is 12.6. The number of sulfone groups is 1. The van der Waals surface area contributed by atoms with E-state index in [1.165, 1.54) is 19.1 Å². The standard InChI is InChI=1S/C14H19BrN2O3S/c1-10(14(18)17-7-3-2-4-8-17)21(19,20)13-6-5-11(15)9-12(13)16/h5-6,9-10H,2-4,7-8,16H2,1H3. The van der Waals surface area contributed by atoms with Crippen LogP contribution >= 0.6 is 15.9 Å². The highest BCUT2D eigenvalue weighted by Gasteiger charge is 2.34. The Hall–Kier alpha value is -1.08. The number of nitrogens with zero attached hydrogens (tertiary/aromatic N) is 1. The molecular weight excluding hydrogens is 356 g/mol. The fraction of sp³-hybridized carbons (Fsp3) is 0.500. The Bertz CT molecular complexity index is 640. The van der Waals surface area contributed by atoms with Crippen LogP contribution in [0.5, 0.6) is 0 Å². The smallest absolute Gasteiger partial charge is 0.241 e. The summed E-state index contributed by atoms with van der Waals surface area (Å²) in [5.41, 5.74) is 5.95. The monoisotopic (exact) mass is 374 g/mol. The third-order valence-corrected chi connectivity index (χ3v) is 6.37. The van der Waals surface area contributed by atoms with Gasteiger partial charge in [0.1, 0.15) is 5.25 Å². The van der Waals surface area contributed by atoms with Crippen LogP contribution in [0.1, 0.15) is 26.2 Å². The topological polar surface area (TPSA) is 80.5 Å². The molecule has 0 radical (unpaired) electrons. The number of halogens is 1. The summed E-state index contributed by atoms with van der Waals surface area (Å²) in [7, 11) is -3.77. The first-order valence-electron chi connectivity index (χ1n) is 6.92. The number of nitrogens with two attached hydrogens (primary N) is 1. The number of rotatable bonds is 3. The first-order valence-corrected chi connectivity index (χ1v) is 9.25. The average Bonchev–Trinajstić information content (AvgIpc) is 2.46. The molecule has 116 valence electrons. The van der Waals surface area contributed by atoms with Gasteiger partial charge in [0.05, 0.1) is 10.6 Å². The minimum absolute atomic E-state index is 0.0172. The van der Waals surface area contributed by atoms with Gasteiger partial charge < -0.3 is 10.6 Å². The van der Waals surface area contributed by atoms with E-state index in [4.69, 9.17) is 5.73 Å². The molecule has 1 aliphatic rings. The van der Waals surface area contributed by atoms with Crippen LogP contribution in [0, 0.1) is 0 Å². The normalized spacial score (nSPS) is 17.5. The first kappa shape index (κ1) is 16.3. The number of likely N-dealkylation sites (tertiary alicyclic amines) is 1. The lowest BCUT2D eigenvalue weighted by Crippen LogP contribution is -2.44. The number of benzene rings is 1. The zero-order chi connectivity index (χ0) is 15.6. The van der Waals surface area contributed by atoms with Crippen LogP contribution in [0.25, 0.3) is 0 Å². The van der Waals surface area contributed by atoms with Gasteiger partial charge >= 0.3 is 0 Å². The molecular formula is C14H19BrN2O3S. The van der Waals surface area contributed by atoms with Crippen molar-refractivity contribution in [2.45, 2.75) is 36.3 Å². The van der Waals surface area contributed by atoms with E-state index >= 15 is 0 Å². The van der Waals surface area contributed by atoms with Crippen molar-refractivity contribution in [2.24, 2.45) is 0 Å². The summed E-state index contributed by atoms with van der Waals surface area (Å²) in [5, 5.41) is -1.11. The van der Waals surface area contributed by atoms with Gasteiger partial charge in [-0.3, -0.25) is 4.79 Å². The van der Waals surface area contributed by atoms with Crippen molar-refractivity contribution in [3.63, 3.8) is 0 Å². The van der Waals surface area contributed by atoms with E-state index in [1.807, 2.05) is 0 Å². The number of anilines is 1. The molecule has 1 aromatic carbocycles. The number of piperidine rings is 1. The predicted octanol–water partition coefficient (Wildman–Crippen LogP) is 2.21. The quantitative estimate of drug-likeness (QED) is 0.822. The third-order valence-electron chi connectivity index (χ3n) is 3.76. The lowest BCUT2D eigenvalue weighted by molar-refractivity contribution is -0.131. The van der Waals surface area contributed by atoms with Gasteiger partial charge in [-0.05, 0) is 44.4 Å². The first-order chi connectivity index (χ1) is 9.84. The molecule has 2 rings (SSSR count). The Balaban J connectivity index is 2.27. The molecule has 0 saturated carbocycles. The maximum absolute atomic E-state index is 12.6. The fourth-order valence-corrected chi connectivity index (χ4v) is 4.29. The molecule has 7 heteroatoms. The van der Waals surface area contributed by atoms with Crippen LogP contribution in [0.2, 0.25) is 0 Å². The lowest BCUT2D eigenvalue weighted by atomic mass is 10.1. The summed E-state index contributed by atoms with van der Waals surface area (Å²) in [4.78, 5) is 14.0. The summed E-state index contributed by atoms with van der Waals surface area (Å²) >= 11 is 3.24. The number of hydrogen-bond acceptors (Lipinski definition) is 4. The minimum Gasteiger partial charge on any atom is -0.398 e. The highest BCUT2D eigenvalue weighted by atomic mass is 79.9. The minimum atomic E-state index is -3.77. The van der Waals surface area contributed by atoms with Crippen LogP contribution < -0.4 is 5.73 Å². The van der Waals surface area contributed by atoms with Crippen LogP contribution in [-0.2, 0) is 14.6 Å². The largest absolute Gasteiger partial charge is 0.398 e. The van der Waals surface area contributed by atoms with Crippen LogP contribution in [-0.4, -0.2) is 37.6 Å². The number of amides is 1. The zero-order valence-corrected chi connectivity index (χ0v) is 14.3. The second-order valence-electron chi connectivity index (χ2n) is 5.26. The summed E-state index contributed by atoms with van der Waals surface area (Å²) in [6.45, 7) is 2.71. The second kappa shape index (κ2) is 6.36. The molecule has 0 spiro atoms. The maximum Gasteiger partial charge on any atom is 0.241 e. The molecule has 1 amide bonds. The SMILES string of the molecule is CC(C(=O)N1CCCCC1)S(=O)(=O)c1ccc(Br)cc1N. The predicted molar refractivity (Wildman–Crippen MR) is 85.6 cm³/mol. The number of hydrogen-bond donors (Lipinski definition) is 1. The van der Waals surface area contributed by atoms with Gasteiger partial charge in [0.15, 0.2) is 9.84 Å². The van der Waals surface area contributed by atoms with Gasteiger partial charge in [0.2, 0.25) is 5.91 Å². The van der Waals surface area contributed by atoms with E-state index < -0.39 is 15.1 Å². The highest BCUT2D eigenvalue weighted by molar-refractivity contribution is 9.10. The molecule has 2 N–H and O–H groups in total. The Morgan fingerprint density at radius 3 is 2.48 bits per heavy atom. The van der Waals surface area contributed by atoms with E-state index in [1.54, 1.807) is 11.0 Å². The Morgan fingerprint density at radius 1 is 1.29 bits per heavy atom. The van der Waals surface area contributed by atoms with Crippen molar-refractivity contribution in [1.82, 2.24) is 4.90 Å². The van der Waals surface area contributed by atoms with E-state index in [9.17, 15) is 13.2 Å². The van der Waals surface area contributed by atoms with Crippen molar-refractivity contribution in [3.8, 4) is 0 Å². The third kappa shape index (κ3) is 3.40. The van der Waals surface area contributed by atoms with E-state index in [2.05, 4.69) is 15.9 Å². The van der Waals surface area contributed by atoms with Crippen molar-refractivity contribution in [2.75, 3.05) is 18.8 Å². The van der Waals surface area contributed by atoms with Crippen LogP contribution in [0.3, 0.4) is 0 Å². The van der Waals surface area contributed by atoms with Crippen LogP contribution in [0.15, 0.2) is 27.6 Å². The van der Waals surface area contributed by atoms with E-state index in [-0.39, 0.29) is 16.5 Å². The number of carbonyl (C=O) groups excluding carboxylic acids is 1. The second-order valence-corrected chi connectivity index (χ2v) is 8.41. The van der Waals surface area contributed by atoms with Gasteiger partial charge in [-0.15, -0.1) is 0 Å². The van der Waals surface area contributed by atoms with Gasteiger partial charge in [0, 0.05) is 17.6 Å². The average molecular weight is 375 g/mol. The molecule has 21 heavy (non-hydrogen) atoms. The van der Waals surface area contributed by atoms with E-state index in [0.717, 1.165) is 19.3 Å². The molecule has 1 unspecified atom stereocenters. The molecule has 1 aliphatic heterocycles. The number of carbonyl (C=O) groups is 1. The van der Waals surface area contributed by atoms with Gasteiger partial charge in [0.25, 0.3) is 0 Å². The number of nitrogen functional groups attached to an aromatic ring is 1. The van der Waals surface area contributed by atoms with Gasteiger partial charge in [-0.25, -0.2) is 8.42 Å². The van der Waals surface area contributed by atoms with Gasteiger partial charge in [-0.2, -0.15) is 0 Å². The summed E-state index contributed by atoms with van der Waals surface area (Å²) < 4.78 is 25.9.